The summed E-state index contributed by atoms with van der Waals surface area (Å²) in [5.41, 5.74) is 1.85. The van der Waals surface area contributed by atoms with E-state index in [0.717, 1.165) is 17.0 Å². The Morgan fingerprint density at radius 2 is 1.59 bits per heavy atom. The minimum Gasteiger partial charge on any atom is -0.491 e. The Morgan fingerprint density at radius 3 is 2.27 bits per heavy atom. The highest BCUT2D eigenvalue weighted by Gasteiger charge is 2.06. The number of benzene rings is 2. The lowest BCUT2D eigenvalue weighted by atomic mass is 10.2. The molecule has 2 aromatic carbocycles. The number of hydrogen-bond acceptors (Lipinski definition) is 3. The predicted octanol–water partition coefficient (Wildman–Crippen LogP) is 5.28. The third-order valence-electron chi connectivity index (χ3n) is 2.97. The van der Waals surface area contributed by atoms with Gasteiger partial charge in [0.05, 0.1) is 27.4 Å². The number of ether oxygens (including phenoxy) is 2. The predicted molar refractivity (Wildman–Crippen MR) is 92.6 cm³/mol. The third-order valence-corrected chi connectivity index (χ3v) is 4.01. The van der Waals surface area contributed by atoms with Gasteiger partial charge in [-0.05, 0) is 29.8 Å². The fraction of sp³-hybridized carbons (Fsp3) is 0.250. The van der Waals surface area contributed by atoms with E-state index in [-0.39, 0.29) is 0 Å². The van der Waals surface area contributed by atoms with Gasteiger partial charge in [-0.3, -0.25) is 0 Å². The van der Waals surface area contributed by atoms with Gasteiger partial charge in [0.25, 0.3) is 0 Å². The Kier molecular flexibility index (Phi) is 6.65. The monoisotopic (exact) mass is 359 g/mol. The molecular weight excluding hydrogens is 345 g/mol. The lowest BCUT2D eigenvalue weighted by Crippen LogP contribution is -2.04. The molecule has 0 radical (unpaired) electrons. The van der Waals surface area contributed by atoms with Crippen LogP contribution in [0.1, 0.15) is 5.56 Å². The number of hydrogen-bond donors (Lipinski definition) is 1. The van der Waals surface area contributed by atoms with E-state index in [0.29, 0.717) is 34.8 Å². The summed E-state index contributed by atoms with van der Waals surface area (Å²) >= 11 is 18.0. The second-order valence-corrected chi connectivity index (χ2v) is 5.81. The molecule has 0 saturated carbocycles. The first kappa shape index (κ1) is 17.2. The van der Waals surface area contributed by atoms with Crippen molar-refractivity contribution < 1.29 is 9.47 Å². The summed E-state index contributed by atoms with van der Waals surface area (Å²) in [6, 6.07) is 11.2. The minimum atomic E-state index is 0.440. The smallest absolute Gasteiger partial charge is 0.119 e. The molecule has 0 saturated heterocycles. The van der Waals surface area contributed by atoms with Crippen LogP contribution in [0.15, 0.2) is 36.4 Å². The maximum Gasteiger partial charge on any atom is 0.119 e. The van der Waals surface area contributed by atoms with Crippen LogP contribution in [-0.2, 0) is 11.3 Å². The molecule has 2 aromatic rings. The molecule has 0 aromatic heterocycles. The minimum absolute atomic E-state index is 0.440. The number of methoxy groups -OCH3 is 1. The molecule has 0 aliphatic heterocycles. The topological polar surface area (TPSA) is 30.5 Å². The van der Waals surface area contributed by atoms with Crippen molar-refractivity contribution in [1.29, 1.82) is 0 Å². The zero-order valence-corrected chi connectivity index (χ0v) is 14.3. The highest BCUT2D eigenvalue weighted by molar-refractivity contribution is 6.44. The quantitative estimate of drug-likeness (QED) is 0.538. The first-order chi connectivity index (χ1) is 10.6. The van der Waals surface area contributed by atoms with Gasteiger partial charge in [0.1, 0.15) is 12.4 Å². The van der Waals surface area contributed by atoms with Crippen LogP contribution in [0.4, 0.5) is 5.69 Å². The van der Waals surface area contributed by atoms with Gasteiger partial charge in [0, 0.05) is 13.7 Å². The number of nitrogens with one attached hydrogen (secondary N) is 1. The van der Waals surface area contributed by atoms with Crippen LogP contribution in [-0.4, -0.2) is 20.3 Å². The maximum absolute atomic E-state index is 6.13. The van der Waals surface area contributed by atoms with Crippen LogP contribution in [0.2, 0.25) is 15.1 Å². The Hall–Kier alpha value is -1.13. The molecule has 118 valence electrons. The van der Waals surface area contributed by atoms with Crippen LogP contribution in [0.3, 0.4) is 0 Å². The van der Waals surface area contributed by atoms with Gasteiger partial charge in [0.15, 0.2) is 0 Å². The third kappa shape index (κ3) is 4.96. The molecule has 0 spiro atoms. The number of rotatable bonds is 7. The first-order valence-electron chi connectivity index (χ1n) is 6.69. The molecule has 0 unspecified atom stereocenters. The molecule has 0 aliphatic carbocycles. The molecule has 22 heavy (non-hydrogen) atoms. The summed E-state index contributed by atoms with van der Waals surface area (Å²) in [7, 11) is 1.65. The molecular formula is C16H16Cl3NO2. The average molecular weight is 361 g/mol. The fourth-order valence-electron chi connectivity index (χ4n) is 1.80. The summed E-state index contributed by atoms with van der Waals surface area (Å²) in [6.45, 7) is 1.72. The molecule has 0 aliphatic rings. The normalized spacial score (nSPS) is 10.5. The van der Waals surface area contributed by atoms with E-state index in [9.17, 15) is 0 Å². The highest BCUT2D eigenvalue weighted by Crippen LogP contribution is 2.32. The van der Waals surface area contributed by atoms with Crippen LogP contribution >= 0.6 is 34.8 Å². The lowest BCUT2D eigenvalue weighted by molar-refractivity contribution is 0.146. The molecule has 2 rings (SSSR count). The second kappa shape index (κ2) is 8.49. The Labute approximate surface area is 145 Å². The number of anilines is 1. The van der Waals surface area contributed by atoms with Crippen molar-refractivity contribution in [2.24, 2.45) is 0 Å². The van der Waals surface area contributed by atoms with E-state index in [1.54, 1.807) is 19.2 Å². The van der Waals surface area contributed by atoms with Gasteiger partial charge < -0.3 is 14.8 Å². The van der Waals surface area contributed by atoms with E-state index < -0.39 is 0 Å². The van der Waals surface area contributed by atoms with E-state index in [1.165, 1.54) is 0 Å². The number of halogens is 3. The fourth-order valence-corrected chi connectivity index (χ4v) is 2.42. The Morgan fingerprint density at radius 1 is 0.909 bits per heavy atom. The molecule has 6 heteroatoms. The van der Waals surface area contributed by atoms with Gasteiger partial charge in [0.2, 0.25) is 0 Å². The van der Waals surface area contributed by atoms with Gasteiger partial charge in [-0.25, -0.2) is 0 Å². The molecule has 1 N–H and O–H groups in total. The van der Waals surface area contributed by atoms with Crippen LogP contribution in [0.5, 0.6) is 5.75 Å². The molecule has 3 nitrogen and oxygen atoms in total. The van der Waals surface area contributed by atoms with Crippen LogP contribution < -0.4 is 10.1 Å². The summed E-state index contributed by atoms with van der Waals surface area (Å²) in [6.07, 6.45) is 0. The highest BCUT2D eigenvalue weighted by atomic mass is 35.5. The van der Waals surface area contributed by atoms with Crippen molar-refractivity contribution >= 4 is 40.5 Å². The van der Waals surface area contributed by atoms with Crippen molar-refractivity contribution in [3.05, 3.63) is 57.0 Å². The zero-order chi connectivity index (χ0) is 15.9. The molecule has 0 amide bonds. The van der Waals surface area contributed by atoms with Crippen molar-refractivity contribution in [3.8, 4) is 5.75 Å². The molecule has 0 fully saturated rings. The molecule has 0 bridgehead atoms. The second-order valence-electron chi connectivity index (χ2n) is 4.58. The van der Waals surface area contributed by atoms with Crippen molar-refractivity contribution in [2.75, 3.05) is 25.6 Å². The summed E-state index contributed by atoms with van der Waals surface area (Å²) in [5, 5.41) is 4.68. The van der Waals surface area contributed by atoms with E-state index in [2.05, 4.69) is 5.32 Å². The maximum atomic E-state index is 6.13. The summed E-state index contributed by atoms with van der Waals surface area (Å²) < 4.78 is 10.4. The molecule has 0 atom stereocenters. The molecule has 0 heterocycles. The Balaban J connectivity index is 1.93. The van der Waals surface area contributed by atoms with E-state index in [4.69, 9.17) is 44.3 Å². The lowest BCUT2D eigenvalue weighted by Gasteiger charge is -2.11. The van der Waals surface area contributed by atoms with Crippen LogP contribution in [0, 0.1) is 0 Å². The van der Waals surface area contributed by atoms with Crippen molar-refractivity contribution in [1.82, 2.24) is 0 Å². The van der Waals surface area contributed by atoms with Crippen LogP contribution in [0.25, 0.3) is 0 Å². The standard InChI is InChI=1S/C16H16Cl3NO2/c1-21-6-7-22-12-4-2-11(3-5-12)10-20-16-9-14(18)13(17)8-15(16)19/h2-5,8-9,20H,6-7,10H2,1H3. The SMILES string of the molecule is COCCOc1ccc(CNc2cc(Cl)c(Cl)cc2Cl)cc1. The van der Waals surface area contributed by atoms with E-state index in [1.807, 2.05) is 24.3 Å². The van der Waals surface area contributed by atoms with Gasteiger partial charge in [-0.1, -0.05) is 46.9 Å². The average Bonchev–Trinajstić information content (AvgIpc) is 2.51. The summed E-state index contributed by atoms with van der Waals surface area (Å²) in [4.78, 5) is 0. The van der Waals surface area contributed by atoms with Crippen molar-refractivity contribution in [2.45, 2.75) is 6.54 Å². The zero-order valence-electron chi connectivity index (χ0n) is 12.0. The Bertz CT molecular complexity index is 618. The van der Waals surface area contributed by atoms with Gasteiger partial charge >= 0.3 is 0 Å². The van der Waals surface area contributed by atoms with Gasteiger partial charge in [-0.2, -0.15) is 0 Å². The summed E-state index contributed by atoms with van der Waals surface area (Å²) in [5.74, 6) is 0.813. The first-order valence-corrected chi connectivity index (χ1v) is 7.82. The van der Waals surface area contributed by atoms with E-state index >= 15 is 0 Å². The van der Waals surface area contributed by atoms with Gasteiger partial charge in [-0.15, -0.1) is 0 Å². The largest absolute Gasteiger partial charge is 0.491 e. The van der Waals surface area contributed by atoms with Crippen molar-refractivity contribution in [3.63, 3.8) is 0 Å².